The van der Waals surface area contributed by atoms with Crippen LogP contribution in [0.5, 0.6) is 5.75 Å². The summed E-state index contributed by atoms with van der Waals surface area (Å²) in [6.07, 6.45) is 2.25. The van der Waals surface area contributed by atoms with Crippen molar-refractivity contribution < 1.29 is 24.0 Å². The molecule has 1 aromatic carbocycles. The summed E-state index contributed by atoms with van der Waals surface area (Å²) < 4.78 is 12.2. The lowest BCUT2D eigenvalue weighted by atomic mass is 10.0. The Morgan fingerprint density at radius 1 is 1.24 bits per heavy atom. The number of carboxylic acid groups (broad SMARTS) is 1. The van der Waals surface area contributed by atoms with Crippen LogP contribution in [0.3, 0.4) is 0 Å². The zero-order chi connectivity index (χ0) is 23.1. The lowest BCUT2D eigenvalue weighted by Gasteiger charge is -2.34. The molecule has 0 unspecified atom stereocenters. The number of nitrogens with zero attached hydrogens (tertiary/aromatic N) is 5. The first kappa shape index (κ1) is 20.5. The maximum atomic E-state index is 13.0. The summed E-state index contributed by atoms with van der Waals surface area (Å²) in [6, 6.07) is 9.01. The van der Waals surface area contributed by atoms with Crippen LogP contribution in [0.4, 0.5) is 10.5 Å². The molecule has 33 heavy (non-hydrogen) atoms. The third-order valence-electron chi connectivity index (χ3n) is 5.63. The van der Waals surface area contributed by atoms with E-state index in [2.05, 4.69) is 20.4 Å². The molecule has 1 aliphatic heterocycles. The van der Waals surface area contributed by atoms with Crippen molar-refractivity contribution in [3.63, 3.8) is 0 Å². The molecule has 0 atom stereocenters. The largest absolute Gasteiger partial charge is 0.495 e. The van der Waals surface area contributed by atoms with E-state index in [1.165, 1.54) is 11.1 Å². The number of amides is 2. The Morgan fingerprint density at radius 3 is 2.82 bits per heavy atom. The standard InChI is InChI=1S/C22H20N6O5/c1-12-3-4-13(19-25-21(33-26-19)14-9-27(10-14)22(30)31)7-16(12)24-20(29)17-8-23-18-6-5-15(32-2)11-28(17)18/h3-8,11,14H,9-10H2,1-2H3,(H,24,29)(H,30,31). The van der Waals surface area contributed by atoms with Crippen LogP contribution in [0.25, 0.3) is 17.0 Å². The summed E-state index contributed by atoms with van der Waals surface area (Å²) in [5.41, 5.74) is 3.12. The number of carbonyl (C=O) groups is 2. The van der Waals surface area contributed by atoms with Gasteiger partial charge in [-0.25, -0.2) is 9.78 Å². The highest BCUT2D eigenvalue weighted by Crippen LogP contribution is 2.29. The van der Waals surface area contributed by atoms with Crippen molar-refractivity contribution in [1.82, 2.24) is 24.4 Å². The van der Waals surface area contributed by atoms with Gasteiger partial charge in [0.2, 0.25) is 11.7 Å². The summed E-state index contributed by atoms with van der Waals surface area (Å²) in [5.74, 6) is 0.938. The number of likely N-dealkylation sites (tertiary alicyclic amines) is 1. The molecule has 0 radical (unpaired) electrons. The van der Waals surface area contributed by atoms with Gasteiger partial charge in [-0.1, -0.05) is 17.3 Å². The molecular weight excluding hydrogens is 428 g/mol. The molecule has 168 valence electrons. The quantitative estimate of drug-likeness (QED) is 0.476. The van der Waals surface area contributed by atoms with Gasteiger partial charge in [-0.15, -0.1) is 0 Å². The minimum absolute atomic E-state index is 0.112. The van der Waals surface area contributed by atoms with Crippen LogP contribution >= 0.6 is 0 Å². The zero-order valence-electron chi connectivity index (χ0n) is 17.8. The van der Waals surface area contributed by atoms with Crippen LogP contribution in [-0.2, 0) is 0 Å². The van der Waals surface area contributed by atoms with Gasteiger partial charge in [0.25, 0.3) is 5.91 Å². The Hall–Kier alpha value is -4.41. The van der Waals surface area contributed by atoms with Crippen molar-refractivity contribution in [3.8, 4) is 17.1 Å². The molecule has 4 heterocycles. The molecule has 2 N–H and O–H groups in total. The second-order valence-corrected chi connectivity index (χ2v) is 7.77. The van der Waals surface area contributed by atoms with E-state index >= 15 is 0 Å². The van der Waals surface area contributed by atoms with E-state index in [4.69, 9.17) is 14.4 Å². The predicted molar refractivity (Wildman–Crippen MR) is 117 cm³/mol. The number of benzene rings is 1. The fourth-order valence-electron chi connectivity index (χ4n) is 3.64. The van der Waals surface area contributed by atoms with Crippen molar-refractivity contribution in [2.75, 3.05) is 25.5 Å². The normalized spacial score (nSPS) is 13.7. The molecule has 0 saturated carbocycles. The summed E-state index contributed by atoms with van der Waals surface area (Å²) >= 11 is 0. The van der Waals surface area contributed by atoms with Crippen LogP contribution in [-0.4, -0.2) is 61.7 Å². The number of aryl methyl sites for hydroxylation is 1. The number of methoxy groups -OCH3 is 1. The number of rotatable bonds is 5. The average Bonchev–Trinajstić information content (AvgIpc) is 3.41. The predicted octanol–water partition coefficient (Wildman–Crippen LogP) is 3.03. The van der Waals surface area contributed by atoms with Crippen LogP contribution in [0.1, 0.15) is 27.9 Å². The van der Waals surface area contributed by atoms with E-state index in [-0.39, 0.29) is 11.8 Å². The smallest absolute Gasteiger partial charge is 0.407 e. The molecule has 0 aliphatic carbocycles. The topological polar surface area (TPSA) is 135 Å². The number of aromatic nitrogens is 4. The highest BCUT2D eigenvalue weighted by molar-refractivity contribution is 6.04. The molecule has 11 nitrogen and oxygen atoms in total. The van der Waals surface area contributed by atoms with E-state index in [0.717, 1.165) is 5.56 Å². The molecule has 1 saturated heterocycles. The molecule has 5 rings (SSSR count). The van der Waals surface area contributed by atoms with Crippen molar-refractivity contribution in [2.24, 2.45) is 0 Å². The Balaban J connectivity index is 1.37. The first-order valence-corrected chi connectivity index (χ1v) is 10.2. The molecule has 11 heteroatoms. The van der Waals surface area contributed by atoms with Gasteiger partial charge in [0.15, 0.2) is 0 Å². The summed E-state index contributed by atoms with van der Waals surface area (Å²) in [6.45, 7) is 2.54. The van der Waals surface area contributed by atoms with Gasteiger partial charge in [-0.05, 0) is 30.7 Å². The third kappa shape index (κ3) is 3.73. The van der Waals surface area contributed by atoms with Crippen LogP contribution in [0.2, 0.25) is 0 Å². The molecular formula is C22H20N6O5. The number of ether oxygens (including phenoxy) is 1. The number of pyridine rings is 1. The molecule has 0 spiro atoms. The Kier molecular flexibility index (Phi) is 4.93. The maximum absolute atomic E-state index is 13.0. The van der Waals surface area contributed by atoms with Crippen molar-refractivity contribution in [2.45, 2.75) is 12.8 Å². The van der Waals surface area contributed by atoms with E-state index in [0.29, 0.717) is 53.1 Å². The molecule has 1 fully saturated rings. The number of anilines is 1. The Morgan fingerprint density at radius 2 is 2.06 bits per heavy atom. The second-order valence-electron chi connectivity index (χ2n) is 7.77. The van der Waals surface area contributed by atoms with E-state index < -0.39 is 6.09 Å². The first-order valence-electron chi connectivity index (χ1n) is 10.2. The van der Waals surface area contributed by atoms with Gasteiger partial charge in [0.05, 0.1) is 25.4 Å². The molecule has 1 aliphatic rings. The number of hydrogen-bond acceptors (Lipinski definition) is 7. The number of hydrogen-bond donors (Lipinski definition) is 2. The summed E-state index contributed by atoms with van der Waals surface area (Å²) in [4.78, 5) is 33.9. The number of carbonyl (C=O) groups excluding carboxylic acids is 1. The van der Waals surface area contributed by atoms with Gasteiger partial charge < -0.3 is 24.6 Å². The van der Waals surface area contributed by atoms with Crippen LogP contribution < -0.4 is 10.1 Å². The van der Waals surface area contributed by atoms with Crippen molar-refractivity contribution in [1.29, 1.82) is 0 Å². The third-order valence-corrected chi connectivity index (χ3v) is 5.63. The fourth-order valence-corrected chi connectivity index (χ4v) is 3.64. The second kappa shape index (κ2) is 7.93. The van der Waals surface area contributed by atoms with Crippen molar-refractivity contribution in [3.05, 3.63) is 59.9 Å². The highest BCUT2D eigenvalue weighted by atomic mass is 16.5. The average molecular weight is 448 g/mol. The maximum Gasteiger partial charge on any atom is 0.407 e. The number of imidazole rings is 1. The number of fused-ring (bicyclic) bond motifs is 1. The van der Waals surface area contributed by atoms with Crippen molar-refractivity contribution >= 4 is 23.3 Å². The summed E-state index contributed by atoms with van der Waals surface area (Å²) in [5, 5.41) is 15.9. The van der Waals surface area contributed by atoms with Gasteiger partial charge in [0.1, 0.15) is 17.1 Å². The van der Waals surface area contributed by atoms with E-state index in [1.807, 2.05) is 19.1 Å². The monoisotopic (exact) mass is 448 g/mol. The minimum Gasteiger partial charge on any atom is -0.495 e. The van der Waals surface area contributed by atoms with Gasteiger partial charge >= 0.3 is 6.09 Å². The highest BCUT2D eigenvalue weighted by Gasteiger charge is 2.35. The molecule has 0 bridgehead atoms. The minimum atomic E-state index is -0.964. The van der Waals surface area contributed by atoms with Gasteiger partial charge in [-0.3, -0.25) is 9.20 Å². The Labute approximate surface area is 187 Å². The van der Waals surface area contributed by atoms with Gasteiger partial charge in [-0.2, -0.15) is 4.98 Å². The van der Waals surface area contributed by atoms with Crippen LogP contribution in [0, 0.1) is 6.92 Å². The van der Waals surface area contributed by atoms with E-state index in [9.17, 15) is 9.59 Å². The van der Waals surface area contributed by atoms with E-state index in [1.54, 1.807) is 35.9 Å². The molecule has 3 aromatic heterocycles. The molecule has 4 aromatic rings. The summed E-state index contributed by atoms with van der Waals surface area (Å²) in [7, 11) is 1.56. The lowest BCUT2D eigenvalue weighted by molar-refractivity contribution is 0.0958. The first-order chi connectivity index (χ1) is 15.9. The lowest BCUT2D eigenvalue weighted by Crippen LogP contribution is -2.47. The number of nitrogens with one attached hydrogen (secondary N) is 1. The Bertz CT molecular complexity index is 1370. The van der Waals surface area contributed by atoms with Gasteiger partial charge in [0, 0.05) is 24.3 Å². The SMILES string of the molecule is COc1ccc2ncc(C(=O)Nc3cc(-c4noc(C5CN(C(=O)O)C5)n4)ccc3C)n2c1. The zero-order valence-corrected chi connectivity index (χ0v) is 17.8. The van der Waals surface area contributed by atoms with Crippen LogP contribution in [0.15, 0.2) is 47.2 Å². The molecule has 2 amide bonds. The fraction of sp³-hybridized carbons (Fsp3) is 0.227.